The van der Waals surface area contributed by atoms with E-state index in [1.807, 2.05) is 35.2 Å². The second-order valence-electron chi connectivity index (χ2n) is 8.58. The first-order valence-electron chi connectivity index (χ1n) is 11.1. The molecule has 0 radical (unpaired) electrons. The molecule has 1 aliphatic rings. The number of anilines is 1. The zero-order valence-corrected chi connectivity index (χ0v) is 19.6. The van der Waals surface area contributed by atoms with Crippen LogP contribution in [0.1, 0.15) is 23.7 Å². The van der Waals surface area contributed by atoms with E-state index >= 15 is 0 Å². The summed E-state index contributed by atoms with van der Waals surface area (Å²) in [5.74, 6) is 1.15. The summed E-state index contributed by atoms with van der Waals surface area (Å²) in [6, 6.07) is 31.2. The van der Waals surface area contributed by atoms with E-state index < -0.39 is 0 Å². The number of benzene rings is 4. The first-order valence-corrected chi connectivity index (χ1v) is 11.9. The van der Waals surface area contributed by atoms with Crippen LogP contribution in [0.5, 0.6) is 0 Å². The number of rotatable bonds is 4. The quantitative estimate of drug-likeness (QED) is 0.284. The molecule has 5 aromatic rings. The Kier molecular flexibility index (Phi) is 4.99. The van der Waals surface area contributed by atoms with Gasteiger partial charge in [0.1, 0.15) is 5.82 Å². The molecule has 1 fully saturated rings. The van der Waals surface area contributed by atoms with Gasteiger partial charge in [0.05, 0.1) is 16.7 Å². The number of hydrogen-bond acceptors (Lipinski definition) is 2. The molecule has 4 aromatic carbocycles. The molecule has 2 heterocycles. The van der Waals surface area contributed by atoms with Crippen LogP contribution in [0.4, 0.5) is 5.69 Å². The SMILES string of the molecule is O=C1CC(c2nc3ccccc3n2Cc2ccc3ccccc3c2)CN1c1ccccc1Br. The van der Waals surface area contributed by atoms with Crippen LogP contribution >= 0.6 is 15.9 Å². The van der Waals surface area contributed by atoms with Crippen molar-refractivity contribution in [2.45, 2.75) is 18.9 Å². The first kappa shape index (κ1) is 20.2. The van der Waals surface area contributed by atoms with Crippen LogP contribution in [0.2, 0.25) is 0 Å². The van der Waals surface area contributed by atoms with Crippen LogP contribution in [-0.2, 0) is 11.3 Å². The van der Waals surface area contributed by atoms with E-state index in [0.29, 0.717) is 13.0 Å². The van der Waals surface area contributed by atoms with Crippen molar-refractivity contribution in [1.29, 1.82) is 0 Å². The highest BCUT2D eigenvalue weighted by Crippen LogP contribution is 2.36. The van der Waals surface area contributed by atoms with Gasteiger partial charge in [0.15, 0.2) is 0 Å². The minimum Gasteiger partial charge on any atom is -0.323 e. The van der Waals surface area contributed by atoms with Crippen molar-refractivity contribution in [2.24, 2.45) is 0 Å². The molecule has 1 unspecified atom stereocenters. The van der Waals surface area contributed by atoms with Gasteiger partial charge in [-0.1, -0.05) is 60.7 Å². The molecule has 6 rings (SSSR count). The summed E-state index contributed by atoms with van der Waals surface area (Å²) < 4.78 is 3.23. The highest BCUT2D eigenvalue weighted by molar-refractivity contribution is 9.10. The normalized spacial score (nSPS) is 16.2. The smallest absolute Gasteiger partial charge is 0.227 e. The fourth-order valence-corrected chi connectivity index (χ4v) is 5.37. The average molecular weight is 496 g/mol. The minimum atomic E-state index is 0.0393. The standard InChI is InChI=1S/C28H22BrN3O/c29-23-9-3-5-11-25(23)31-18-22(16-27(31)33)28-30-24-10-4-6-12-26(24)32(28)17-19-13-14-20-7-1-2-8-21(20)15-19/h1-15,22H,16-18H2. The minimum absolute atomic E-state index is 0.0393. The van der Waals surface area contributed by atoms with E-state index in [1.54, 1.807) is 0 Å². The van der Waals surface area contributed by atoms with Crippen molar-refractivity contribution in [3.63, 3.8) is 0 Å². The number of carbonyl (C=O) groups excluding carboxylic acids is 1. The molecule has 5 heteroatoms. The zero-order chi connectivity index (χ0) is 22.4. The maximum Gasteiger partial charge on any atom is 0.227 e. The molecule has 0 N–H and O–H groups in total. The Morgan fingerprint density at radius 1 is 0.879 bits per heavy atom. The van der Waals surface area contributed by atoms with Gasteiger partial charge in [0.2, 0.25) is 5.91 Å². The van der Waals surface area contributed by atoms with E-state index in [2.05, 4.69) is 81.2 Å². The number of para-hydroxylation sites is 3. The predicted octanol–water partition coefficient (Wildman–Crippen LogP) is 6.52. The van der Waals surface area contributed by atoms with Gasteiger partial charge in [0.25, 0.3) is 0 Å². The average Bonchev–Trinajstić information content (AvgIpc) is 3.40. The molecule has 1 atom stereocenters. The summed E-state index contributed by atoms with van der Waals surface area (Å²) in [7, 11) is 0. The van der Waals surface area contributed by atoms with Gasteiger partial charge >= 0.3 is 0 Å². The Labute approximate surface area is 200 Å². The van der Waals surface area contributed by atoms with Crippen molar-refractivity contribution < 1.29 is 4.79 Å². The van der Waals surface area contributed by atoms with Gasteiger partial charge in [-0.25, -0.2) is 4.98 Å². The van der Waals surface area contributed by atoms with Gasteiger partial charge in [-0.05, 0) is 62.6 Å². The molecule has 0 bridgehead atoms. The third-order valence-electron chi connectivity index (χ3n) is 6.47. The molecule has 1 saturated heterocycles. The van der Waals surface area contributed by atoms with E-state index in [4.69, 9.17) is 4.98 Å². The lowest BCUT2D eigenvalue weighted by atomic mass is 10.1. The highest BCUT2D eigenvalue weighted by atomic mass is 79.9. The third kappa shape index (κ3) is 3.62. The van der Waals surface area contributed by atoms with Crippen LogP contribution in [-0.4, -0.2) is 22.0 Å². The van der Waals surface area contributed by atoms with Crippen molar-refractivity contribution in [3.8, 4) is 0 Å². The monoisotopic (exact) mass is 495 g/mol. The van der Waals surface area contributed by atoms with Crippen molar-refractivity contribution in [2.75, 3.05) is 11.4 Å². The maximum atomic E-state index is 13.0. The molecule has 162 valence electrons. The molecule has 1 amide bonds. The summed E-state index contributed by atoms with van der Waals surface area (Å²) in [4.78, 5) is 19.9. The van der Waals surface area contributed by atoms with Crippen LogP contribution < -0.4 is 4.90 Å². The Balaban J connectivity index is 1.40. The molecular weight excluding hydrogens is 474 g/mol. The summed E-state index contributed by atoms with van der Waals surface area (Å²) in [5.41, 5.74) is 4.22. The summed E-state index contributed by atoms with van der Waals surface area (Å²) in [6.07, 6.45) is 0.461. The Morgan fingerprint density at radius 2 is 1.64 bits per heavy atom. The fourth-order valence-electron chi connectivity index (χ4n) is 4.88. The van der Waals surface area contributed by atoms with Gasteiger partial charge in [-0.2, -0.15) is 0 Å². The molecule has 33 heavy (non-hydrogen) atoms. The molecule has 1 aliphatic heterocycles. The summed E-state index contributed by atoms with van der Waals surface area (Å²) >= 11 is 3.60. The lowest BCUT2D eigenvalue weighted by Crippen LogP contribution is -2.25. The van der Waals surface area contributed by atoms with Gasteiger partial charge in [-0.15, -0.1) is 0 Å². The van der Waals surface area contributed by atoms with E-state index in [-0.39, 0.29) is 11.8 Å². The van der Waals surface area contributed by atoms with Gasteiger partial charge < -0.3 is 9.47 Å². The molecule has 0 saturated carbocycles. The van der Waals surface area contributed by atoms with Gasteiger partial charge in [-0.3, -0.25) is 4.79 Å². The first-order chi connectivity index (χ1) is 16.2. The van der Waals surface area contributed by atoms with Crippen LogP contribution in [0.15, 0.2) is 95.5 Å². The third-order valence-corrected chi connectivity index (χ3v) is 7.14. The number of imidazole rings is 1. The molecule has 1 aromatic heterocycles. The number of carbonyl (C=O) groups is 1. The van der Waals surface area contributed by atoms with E-state index in [1.165, 1.54) is 16.3 Å². The molecule has 4 nitrogen and oxygen atoms in total. The number of halogens is 1. The van der Waals surface area contributed by atoms with Crippen molar-refractivity contribution >= 4 is 49.3 Å². The molecular formula is C28H22BrN3O. The molecule has 0 spiro atoms. The Morgan fingerprint density at radius 3 is 2.52 bits per heavy atom. The number of hydrogen-bond donors (Lipinski definition) is 0. The second kappa shape index (κ2) is 8.16. The Bertz CT molecular complexity index is 1510. The lowest BCUT2D eigenvalue weighted by molar-refractivity contribution is -0.117. The van der Waals surface area contributed by atoms with E-state index in [0.717, 1.165) is 33.6 Å². The molecule has 0 aliphatic carbocycles. The van der Waals surface area contributed by atoms with Crippen molar-refractivity contribution in [1.82, 2.24) is 9.55 Å². The number of nitrogens with zero attached hydrogens (tertiary/aromatic N) is 3. The zero-order valence-electron chi connectivity index (χ0n) is 18.0. The van der Waals surface area contributed by atoms with Crippen LogP contribution in [0.3, 0.4) is 0 Å². The number of amides is 1. The fraction of sp³-hybridized carbons (Fsp3) is 0.143. The predicted molar refractivity (Wildman–Crippen MR) is 137 cm³/mol. The number of aromatic nitrogens is 2. The maximum absolute atomic E-state index is 13.0. The number of fused-ring (bicyclic) bond motifs is 2. The summed E-state index contributed by atoms with van der Waals surface area (Å²) in [6.45, 7) is 1.35. The van der Waals surface area contributed by atoms with Gasteiger partial charge in [0, 0.05) is 29.9 Å². The Hall–Kier alpha value is -3.44. The second-order valence-corrected chi connectivity index (χ2v) is 9.44. The highest BCUT2D eigenvalue weighted by Gasteiger charge is 2.35. The van der Waals surface area contributed by atoms with Crippen molar-refractivity contribution in [3.05, 3.63) is 107 Å². The largest absolute Gasteiger partial charge is 0.323 e. The summed E-state index contributed by atoms with van der Waals surface area (Å²) in [5, 5.41) is 2.47. The van der Waals surface area contributed by atoms with E-state index in [9.17, 15) is 4.79 Å². The topological polar surface area (TPSA) is 38.1 Å². The van der Waals surface area contributed by atoms with Crippen LogP contribution in [0.25, 0.3) is 21.8 Å². The lowest BCUT2D eigenvalue weighted by Gasteiger charge is -2.19. The van der Waals surface area contributed by atoms with Crippen LogP contribution in [0, 0.1) is 0 Å².